The van der Waals surface area contributed by atoms with Crippen molar-refractivity contribution in [2.24, 2.45) is 5.92 Å². The van der Waals surface area contributed by atoms with E-state index >= 15 is 0 Å². The molecule has 1 fully saturated rings. The number of hydrogen-bond donors (Lipinski definition) is 2. The van der Waals surface area contributed by atoms with Crippen LogP contribution in [0, 0.1) is 5.92 Å². The van der Waals surface area contributed by atoms with Crippen molar-refractivity contribution in [3.8, 4) is 5.75 Å². The van der Waals surface area contributed by atoms with Crippen molar-refractivity contribution in [3.05, 3.63) is 24.0 Å². The highest BCUT2D eigenvalue weighted by atomic mass is 16.5. The highest BCUT2D eigenvalue weighted by molar-refractivity contribution is 5.76. The molecule has 20 heavy (non-hydrogen) atoms. The van der Waals surface area contributed by atoms with E-state index in [1.807, 2.05) is 18.2 Å². The first-order valence-electron chi connectivity index (χ1n) is 7.58. The highest BCUT2D eigenvalue weighted by Gasteiger charge is 2.13. The maximum absolute atomic E-state index is 5.23. The Labute approximate surface area is 119 Å². The number of imidazole rings is 1. The zero-order chi connectivity index (χ0) is 13.8. The number of H-pyrrole nitrogens is 1. The fourth-order valence-electron chi connectivity index (χ4n) is 3.04. The molecule has 0 unspecified atom stereocenters. The van der Waals surface area contributed by atoms with Gasteiger partial charge in [0.2, 0.25) is 0 Å². The highest BCUT2D eigenvalue weighted by Crippen LogP contribution is 2.23. The smallest absolute Gasteiger partial charge is 0.121 e. The molecule has 2 N–H and O–H groups in total. The summed E-state index contributed by atoms with van der Waals surface area (Å²) in [7, 11) is 1.68. The van der Waals surface area contributed by atoms with E-state index in [0.29, 0.717) is 0 Å². The van der Waals surface area contributed by atoms with Gasteiger partial charge in [0.25, 0.3) is 0 Å². The minimum atomic E-state index is 0.813. The summed E-state index contributed by atoms with van der Waals surface area (Å²) in [6.45, 7) is 1.92. The number of fused-ring (bicyclic) bond motifs is 1. The molecular weight excluding hydrogens is 250 g/mol. The molecule has 4 nitrogen and oxygen atoms in total. The van der Waals surface area contributed by atoms with E-state index in [1.165, 1.54) is 32.1 Å². The van der Waals surface area contributed by atoms with E-state index in [-0.39, 0.29) is 0 Å². The van der Waals surface area contributed by atoms with Crippen molar-refractivity contribution in [2.45, 2.75) is 38.6 Å². The van der Waals surface area contributed by atoms with Crippen molar-refractivity contribution in [3.63, 3.8) is 0 Å². The predicted octanol–water partition coefficient (Wildman–Crippen LogP) is 3.24. The van der Waals surface area contributed by atoms with Gasteiger partial charge in [-0.2, -0.15) is 0 Å². The third-order valence-electron chi connectivity index (χ3n) is 4.19. The molecule has 1 heterocycles. The van der Waals surface area contributed by atoms with Gasteiger partial charge in [-0.25, -0.2) is 4.98 Å². The summed E-state index contributed by atoms with van der Waals surface area (Å²) in [5.74, 6) is 2.72. The summed E-state index contributed by atoms with van der Waals surface area (Å²) in [5, 5.41) is 3.54. The Morgan fingerprint density at radius 1 is 1.30 bits per heavy atom. The molecule has 0 bridgehead atoms. The number of aromatic amines is 1. The van der Waals surface area contributed by atoms with Gasteiger partial charge in [0.15, 0.2) is 0 Å². The first-order chi connectivity index (χ1) is 9.85. The van der Waals surface area contributed by atoms with Crippen LogP contribution < -0.4 is 10.1 Å². The lowest BCUT2D eigenvalue weighted by molar-refractivity contribution is 0.341. The van der Waals surface area contributed by atoms with E-state index in [9.17, 15) is 0 Å². The molecule has 1 aliphatic rings. The maximum atomic E-state index is 5.23. The lowest BCUT2D eigenvalue weighted by Gasteiger charge is -2.21. The molecule has 2 aromatic rings. The number of aromatic nitrogens is 2. The van der Waals surface area contributed by atoms with Gasteiger partial charge in [0, 0.05) is 6.07 Å². The fourth-order valence-corrected chi connectivity index (χ4v) is 3.04. The number of nitrogens with zero attached hydrogens (tertiary/aromatic N) is 1. The average Bonchev–Trinajstić information content (AvgIpc) is 2.90. The molecule has 0 amide bonds. The Kier molecular flexibility index (Phi) is 4.21. The Balaban J connectivity index is 1.57. The Morgan fingerprint density at radius 3 is 2.95 bits per heavy atom. The van der Waals surface area contributed by atoms with Crippen molar-refractivity contribution in [2.75, 3.05) is 13.7 Å². The van der Waals surface area contributed by atoms with Gasteiger partial charge in [-0.15, -0.1) is 0 Å². The van der Waals surface area contributed by atoms with Crippen LogP contribution >= 0.6 is 0 Å². The molecule has 0 saturated heterocycles. The summed E-state index contributed by atoms with van der Waals surface area (Å²) >= 11 is 0. The molecule has 0 aliphatic heterocycles. The van der Waals surface area contributed by atoms with Gasteiger partial charge in [-0.1, -0.05) is 19.3 Å². The van der Waals surface area contributed by atoms with Crippen LogP contribution in [0.1, 0.15) is 37.9 Å². The van der Waals surface area contributed by atoms with Crippen molar-refractivity contribution in [1.82, 2.24) is 15.3 Å². The number of ether oxygens (including phenoxy) is 1. The molecule has 4 heteroatoms. The minimum absolute atomic E-state index is 0.813. The predicted molar refractivity (Wildman–Crippen MR) is 80.9 cm³/mol. The van der Waals surface area contributed by atoms with Crippen molar-refractivity contribution >= 4 is 11.0 Å². The zero-order valence-corrected chi connectivity index (χ0v) is 12.1. The van der Waals surface area contributed by atoms with Gasteiger partial charge >= 0.3 is 0 Å². The monoisotopic (exact) mass is 273 g/mol. The third kappa shape index (κ3) is 3.12. The second-order valence-electron chi connectivity index (χ2n) is 5.70. The van der Waals surface area contributed by atoms with E-state index in [2.05, 4.69) is 15.3 Å². The van der Waals surface area contributed by atoms with Gasteiger partial charge in [0.1, 0.15) is 11.6 Å². The van der Waals surface area contributed by atoms with Crippen LogP contribution in [0.2, 0.25) is 0 Å². The molecule has 0 radical (unpaired) electrons. The van der Waals surface area contributed by atoms with Crippen LogP contribution in [0.5, 0.6) is 5.75 Å². The van der Waals surface area contributed by atoms with Crippen LogP contribution in [0.4, 0.5) is 0 Å². The molecule has 0 atom stereocenters. The summed E-state index contributed by atoms with van der Waals surface area (Å²) in [6.07, 6.45) is 6.98. The number of methoxy groups -OCH3 is 1. The zero-order valence-electron chi connectivity index (χ0n) is 12.1. The number of nitrogens with one attached hydrogen (secondary N) is 2. The van der Waals surface area contributed by atoms with E-state index in [0.717, 1.165) is 41.6 Å². The number of hydrogen-bond acceptors (Lipinski definition) is 3. The van der Waals surface area contributed by atoms with Crippen molar-refractivity contribution < 1.29 is 4.74 Å². The Hall–Kier alpha value is -1.55. The Morgan fingerprint density at radius 2 is 2.15 bits per heavy atom. The average molecular weight is 273 g/mol. The summed E-state index contributed by atoms with van der Waals surface area (Å²) < 4.78 is 5.23. The third-order valence-corrected chi connectivity index (χ3v) is 4.19. The second kappa shape index (κ2) is 6.27. The minimum Gasteiger partial charge on any atom is -0.497 e. The number of benzene rings is 1. The van der Waals surface area contributed by atoms with Gasteiger partial charge in [-0.05, 0) is 37.4 Å². The lowest BCUT2D eigenvalue weighted by Crippen LogP contribution is -2.24. The normalized spacial score (nSPS) is 16.6. The molecular formula is C16H23N3O. The van der Waals surface area contributed by atoms with E-state index < -0.39 is 0 Å². The summed E-state index contributed by atoms with van der Waals surface area (Å²) in [5.41, 5.74) is 2.04. The first-order valence-corrected chi connectivity index (χ1v) is 7.58. The SMILES string of the molecule is COc1ccc2nc(CNCC3CCCCC3)[nH]c2c1. The van der Waals surface area contributed by atoms with Gasteiger partial charge in [0.05, 0.1) is 24.7 Å². The summed E-state index contributed by atoms with van der Waals surface area (Å²) in [4.78, 5) is 7.95. The molecule has 0 spiro atoms. The topological polar surface area (TPSA) is 49.9 Å². The van der Waals surface area contributed by atoms with E-state index in [4.69, 9.17) is 4.74 Å². The van der Waals surface area contributed by atoms with Crippen molar-refractivity contribution in [1.29, 1.82) is 0 Å². The van der Waals surface area contributed by atoms with Crippen LogP contribution in [-0.4, -0.2) is 23.6 Å². The summed E-state index contributed by atoms with van der Waals surface area (Å²) in [6, 6.07) is 5.94. The molecule has 1 saturated carbocycles. The lowest BCUT2D eigenvalue weighted by atomic mass is 9.89. The van der Waals surface area contributed by atoms with E-state index in [1.54, 1.807) is 7.11 Å². The molecule has 1 aromatic carbocycles. The van der Waals surface area contributed by atoms with Crippen LogP contribution in [0.15, 0.2) is 18.2 Å². The molecule has 1 aromatic heterocycles. The molecule has 108 valence electrons. The quantitative estimate of drug-likeness (QED) is 0.879. The fraction of sp³-hybridized carbons (Fsp3) is 0.562. The van der Waals surface area contributed by atoms with Gasteiger partial charge < -0.3 is 15.0 Å². The first kappa shape index (κ1) is 13.4. The Bertz CT molecular complexity index is 558. The van der Waals surface area contributed by atoms with Crippen LogP contribution in [0.25, 0.3) is 11.0 Å². The largest absolute Gasteiger partial charge is 0.497 e. The molecule has 3 rings (SSSR count). The number of rotatable bonds is 5. The second-order valence-corrected chi connectivity index (χ2v) is 5.70. The standard InChI is InChI=1S/C16H23N3O/c1-20-13-7-8-14-15(9-13)19-16(18-14)11-17-10-12-5-3-2-4-6-12/h7-9,12,17H,2-6,10-11H2,1H3,(H,18,19). The van der Waals surface area contributed by atoms with Crippen LogP contribution in [0.3, 0.4) is 0 Å². The van der Waals surface area contributed by atoms with Crippen LogP contribution in [-0.2, 0) is 6.54 Å². The molecule has 1 aliphatic carbocycles. The van der Waals surface area contributed by atoms with Gasteiger partial charge in [-0.3, -0.25) is 0 Å². The maximum Gasteiger partial charge on any atom is 0.121 e.